The first kappa shape index (κ1) is 13.8. The SMILES string of the molecule is CCc1cc(C(=O)C2CCC(=O)CC2)ccc1OC. The summed E-state index contributed by atoms with van der Waals surface area (Å²) in [5, 5.41) is 0. The first-order valence-corrected chi connectivity index (χ1v) is 6.88. The van der Waals surface area contributed by atoms with Gasteiger partial charge in [-0.25, -0.2) is 0 Å². The molecule has 0 radical (unpaired) electrons. The third kappa shape index (κ3) is 3.03. The van der Waals surface area contributed by atoms with Gasteiger partial charge in [-0.3, -0.25) is 9.59 Å². The first-order valence-electron chi connectivity index (χ1n) is 6.88. The molecule has 19 heavy (non-hydrogen) atoms. The summed E-state index contributed by atoms with van der Waals surface area (Å²) in [6, 6.07) is 5.62. The predicted molar refractivity (Wildman–Crippen MR) is 73.7 cm³/mol. The highest BCUT2D eigenvalue weighted by molar-refractivity contribution is 5.99. The molecule has 3 heteroatoms. The fourth-order valence-electron chi connectivity index (χ4n) is 2.65. The molecule has 0 bridgehead atoms. The number of aryl methyl sites for hydroxylation is 1. The Hall–Kier alpha value is -1.64. The highest BCUT2D eigenvalue weighted by atomic mass is 16.5. The summed E-state index contributed by atoms with van der Waals surface area (Å²) in [4.78, 5) is 23.6. The Morgan fingerprint density at radius 3 is 2.58 bits per heavy atom. The topological polar surface area (TPSA) is 43.4 Å². The maximum absolute atomic E-state index is 12.4. The molecule has 0 heterocycles. The predicted octanol–water partition coefficient (Wildman–Crippen LogP) is 3.20. The highest BCUT2D eigenvalue weighted by Crippen LogP contribution is 2.27. The van der Waals surface area contributed by atoms with E-state index in [1.54, 1.807) is 7.11 Å². The Kier molecular flexibility index (Phi) is 4.35. The van der Waals surface area contributed by atoms with Crippen molar-refractivity contribution >= 4 is 11.6 Å². The number of carbonyl (C=O) groups excluding carboxylic acids is 2. The van der Waals surface area contributed by atoms with Gasteiger partial charge < -0.3 is 4.74 Å². The van der Waals surface area contributed by atoms with Crippen LogP contribution in [0.1, 0.15) is 48.5 Å². The minimum Gasteiger partial charge on any atom is -0.496 e. The summed E-state index contributed by atoms with van der Waals surface area (Å²) in [6.45, 7) is 2.05. The van der Waals surface area contributed by atoms with E-state index in [9.17, 15) is 9.59 Å². The van der Waals surface area contributed by atoms with Gasteiger partial charge in [0.2, 0.25) is 0 Å². The molecule has 0 spiro atoms. The van der Waals surface area contributed by atoms with Crippen molar-refractivity contribution in [3.8, 4) is 5.75 Å². The van der Waals surface area contributed by atoms with E-state index in [1.165, 1.54) is 0 Å². The van der Waals surface area contributed by atoms with Crippen molar-refractivity contribution in [2.45, 2.75) is 39.0 Å². The molecule has 0 saturated heterocycles. The lowest BCUT2D eigenvalue weighted by Gasteiger charge is -2.20. The van der Waals surface area contributed by atoms with E-state index < -0.39 is 0 Å². The lowest BCUT2D eigenvalue weighted by Crippen LogP contribution is -2.22. The average Bonchev–Trinajstić information content (AvgIpc) is 2.46. The number of methoxy groups -OCH3 is 1. The Labute approximate surface area is 114 Å². The molecule has 1 aliphatic carbocycles. The standard InChI is InChI=1S/C16H20O3/c1-3-11-10-13(6-9-15(11)19-2)16(18)12-4-7-14(17)8-5-12/h6,9-10,12H,3-5,7-8H2,1-2H3. The van der Waals surface area contributed by atoms with Crippen LogP contribution < -0.4 is 4.74 Å². The normalized spacial score (nSPS) is 16.4. The Balaban J connectivity index is 2.17. The average molecular weight is 260 g/mol. The van der Waals surface area contributed by atoms with Gasteiger partial charge in [-0.05, 0) is 43.0 Å². The molecule has 1 saturated carbocycles. The monoisotopic (exact) mass is 260 g/mol. The number of hydrogen-bond acceptors (Lipinski definition) is 3. The molecular formula is C16H20O3. The molecule has 1 aliphatic rings. The van der Waals surface area contributed by atoms with Gasteiger partial charge in [-0.2, -0.15) is 0 Å². The van der Waals surface area contributed by atoms with Crippen LogP contribution in [0.2, 0.25) is 0 Å². The molecule has 102 valence electrons. The van der Waals surface area contributed by atoms with Gasteiger partial charge in [0, 0.05) is 24.3 Å². The smallest absolute Gasteiger partial charge is 0.165 e. The van der Waals surface area contributed by atoms with Crippen molar-refractivity contribution in [2.24, 2.45) is 5.92 Å². The van der Waals surface area contributed by atoms with Gasteiger partial charge >= 0.3 is 0 Å². The van der Waals surface area contributed by atoms with E-state index in [1.807, 2.05) is 25.1 Å². The van der Waals surface area contributed by atoms with E-state index >= 15 is 0 Å². The van der Waals surface area contributed by atoms with Crippen molar-refractivity contribution in [1.82, 2.24) is 0 Å². The molecule has 0 aromatic heterocycles. The Bertz CT molecular complexity index is 481. The summed E-state index contributed by atoms with van der Waals surface area (Å²) in [7, 11) is 1.64. The summed E-state index contributed by atoms with van der Waals surface area (Å²) < 4.78 is 5.27. The van der Waals surface area contributed by atoms with Crippen molar-refractivity contribution in [2.75, 3.05) is 7.11 Å². The van der Waals surface area contributed by atoms with Crippen molar-refractivity contribution in [3.63, 3.8) is 0 Å². The summed E-state index contributed by atoms with van der Waals surface area (Å²) >= 11 is 0. The maximum atomic E-state index is 12.4. The molecule has 1 fully saturated rings. The van der Waals surface area contributed by atoms with Gasteiger partial charge in [0.15, 0.2) is 5.78 Å². The first-order chi connectivity index (χ1) is 9.15. The molecule has 0 N–H and O–H groups in total. The molecule has 0 unspecified atom stereocenters. The number of hydrogen-bond donors (Lipinski definition) is 0. The number of ether oxygens (including phenoxy) is 1. The van der Waals surface area contributed by atoms with E-state index in [-0.39, 0.29) is 17.5 Å². The van der Waals surface area contributed by atoms with Crippen LogP contribution in [0.3, 0.4) is 0 Å². The molecular weight excluding hydrogens is 240 g/mol. The minimum atomic E-state index is 0.0100. The van der Waals surface area contributed by atoms with Crippen LogP contribution in [-0.2, 0) is 11.2 Å². The molecule has 2 rings (SSSR count). The molecule has 1 aromatic rings. The zero-order valence-electron chi connectivity index (χ0n) is 11.6. The highest BCUT2D eigenvalue weighted by Gasteiger charge is 2.25. The fourth-order valence-corrected chi connectivity index (χ4v) is 2.65. The summed E-state index contributed by atoms with van der Waals surface area (Å²) in [5.41, 5.74) is 1.80. The largest absolute Gasteiger partial charge is 0.496 e. The summed E-state index contributed by atoms with van der Waals surface area (Å²) in [5.74, 6) is 1.30. The number of rotatable bonds is 4. The minimum absolute atomic E-state index is 0.0100. The van der Waals surface area contributed by atoms with Crippen LogP contribution in [0.15, 0.2) is 18.2 Å². The molecule has 0 aliphatic heterocycles. The third-order valence-electron chi connectivity index (χ3n) is 3.86. The van der Waals surface area contributed by atoms with Crippen LogP contribution in [0.4, 0.5) is 0 Å². The van der Waals surface area contributed by atoms with E-state index in [2.05, 4.69) is 0 Å². The number of ketones is 2. The number of carbonyl (C=O) groups is 2. The molecule has 0 atom stereocenters. The van der Waals surface area contributed by atoms with Gasteiger partial charge in [-0.1, -0.05) is 6.92 Å². The van der Waals surface area contributed by atoms with Crippen LogP contribution in [0.5, 0.6) is 5.75 Å². The molecule has 3 nitrogen and oxygen atoms in total. The quantitative estimate of drug-likeness (QED) is 0.781. The third-order valence-corrected chi connectivity index (χ3v) is 3.86. The summed E-state index contributed by atoms with van der Waals surface area (Å²) in [6.07, 6.45) is 3.34. The van der Waals surface area contributed by atoms with Gasteiger partial charge in [-0.15, -0.1) is 0 Å². The lowest BCUT2D eigenvalue weighted by molar-refractivity contribution is -0.120. The number of Topliss-reactive ketones (excluding diaryl/α,β-unsaturated/α-hetero) is 2. The van der Waals surface area contributed by atoms with Crippen molar-refractivity contribution < 1.29 is 14.3 Å². The van der Waals surface area contributed by atoms with Gasteiger partial charge in [0.05, 0.1) is 7.11 Å². The van der Waals surface area contributed by atoms with Crippen molar-refractivity contribution in [3.05, 3.63) is 29.3 Å². The molecule has 0 amide bonds. The second-order valence-corrected chi connectivity index (χ2v) is 5.06. The second kappa shape index (κ2) is 6.00. The van der Waals surface area contributed by atoms with Gasteiger partial charge in [0.25, 0.3) is 0 Å². The Morgan fingerprint density at radius 2 is 2.00 bits per heavy atom. The van der Waals surface area contributed by atoms with Crippen LogP contribution in [0.25, 0.3) is 0 Å². The van der Waals surface area contributed by atoms with Crippen LogP contribution in [-0.4, -0.2) is 18.7 Å². The van der Waals surface area contributed by atoms with Gasteiger partial charge in [0.1, 0.15) is 11.5 Å². The van der Waals surface area contributed by atoms with Crippen molar-refractivity contribution in [1.29, 1.82) is 0 Å². The van der Waals surface area contributed by atoms with E-state index in [0.717, 1.165) is 23.3 Å². The van der Waals surface area contributed by atoms with Crippen LogP contribution in [0, 0.1) is 5.92 Å². The Morgan fingerprint density at radius 1 is 1.32 bits per heavy atom. The lowest BCUT2D eigenvalue weighted by atomic mass is 9.83. The fraction of sp³-hybridized carbons (Fsp3) is 0.500. The maximum Gasteiger partial charge on any atom is 0.165 e. The number of benzene rings is 1. The second-order valence-electron chi connectivity index (χ2n) is 5.06. The van der Waals surface area contributed by atoms with E-state index in [0.29, 0.717) is 25.7 Å². The molecule has 1 aromatic carbocycles. The zero-order chi connectivity index (χ0) is 13.8. The van der Waals surface area contributed by atoms with E-state index in [4.69, 9.17) is 4.74 Å². The zero-order valence-corrected chi connectivity index (χ0v) is 11.6. The van der Waals surface area contributed by atoms with Crippen LogP contribution >= 0.6 is 0 Å².